The summed E-state index contributed by atoms with van der Waals surface area (Å²) in [5.74, 6) is 1.66. The molecular weight excluding hydrogens is 234 g/mol. The minimum Gasteiger partial charge on any atom is -0.356 e. The van der Waals surface area contributed by atoms with Crippen molar-refractivity contribution in [1.82, 2.24) is 0 Å². The van der Waals surface area contributed by atoms with Crippen molar-refractivity contribution in [3.8, 4) is 0 Å². The number of para-hydroxylation sites is 1. The fourth-order valence-electron chi connectivity index (χ4n) is 1.45. The van der Waals surface area contributed by atoms with Crippen molar-refractivity contribution in [1.29, 1.82) is 0 Å². The van der Waals surface area contributed by atoms with E-state index in [9.17, 15) is 4.79 Å². The molecule has 0 fully saturated rings. The Hall–Kier alpha value is -2.02. The number of carbonyl (C=O) groups excluding carboxylic acids is 1. The molecule has 0 aromatic heterocycles. The lowest BCUT2D eigenvalue weighted by atomic mass is 10.2. The van der Waals surface area contributed by atoms with Gasteiger partial charge in [0.2, 0.25) is 0 Å². The normalized spacial score (nSPS) is 9.47. The summed E-state index contributed by atoms with van der Waals surface area (Å²) in [6.45, 7) is 0. The lowest BCUT2D eigenvalue weighted by Crippen LogP contribution is -1.89. The summed E-state index contributed by atoms with van der Waals surface area (Å²) in [5, 5.41) is 3.33. The third-order valence-corrected chi connectivity index (χ3v) is 2.59. The molecule has 0 saturated carbocycles. The van der Waals surface area contributed by atoms with Gasteiger partial charge >= 0.3 is 0 Å². The molecule has 0 aliphatic heterocycles. The van der Waals surface area contributed by atoms with Crippen LogP contribution in [0.25, 0.3) is 5.03 Å². The summed E-state index contributed by atoms with van der Waals surface area (Å²) in [6.07, 6.45) is 0. The number of benzene rings is 2. The molecule has 0 aliphatic carbocycles. The summed E-state index contributed by atoms with van der Waals surface area (Å²) >= 11 is 5.68. The maximum atomic E-state index is 10.4. The SMILES string of the molecule is O=C=C(Cl)c1ccc(Nc2ccccc2)cc1. The van der Waals surface area contributed by atoms with E-state index in [1.54, 1.807) is 18.1 Å². The summed E-state index contributed by atoms with van der Waals surface area (Å²) in [7, 11) is 0. The highest BCUT2D eigenvalue weighted by Crippen LogP contribution is 2.20. The van der Waals surface area contributed by atoms with Gasteiger partial charge in [0, 0.05) is 16.9 Å². The van der Waals surface area contributed by atoms with Gasteiger partial charge in [0.25, 0.3) is 0 Å². The van der Waals surface area contributed by atoms with Crippen molar-refractivity contribution in [3.05, 3.63) is 60.2 Å². The number of nitrogens with one attached hydrogen (secondary N) is 1. The molecule has 2 nitrogen and oxygen atoms in total. The topological polar surface area (TPSA) is 29.1 Å². The molecular formula is C14H10ClNO. The van der Waals surface area contributed by atoms with Crippen LogP contribution >= 0.6 is 11.6 Å². The van der Waals surface area contributed by atoms with Gasteiger partial charge in [-0.2, -0.15) is 0 Å². The second-order valence-corrected chi connectivity index (χ2v) is 3.86. The van der Waals surface area contributed by atoms with E-state index >= 15 is 0 Å². The first kappa shape index (κ1) is 11.5. The molecule has 0 spiro atoms. The van der Waals surface area contributed by atoms with Crippen LogP contribution in [0.2, 0.25) is 0 Å². The first-order chi connectivity index (χ1) is 8.29. The molecule has 0 saturated heterocycles. The zero-order chi connectivity index (χ0) is 12.1. The molecule has 2 aromatic carbocycles. The van der Waals surface area contributed by atoms with Crippen LogP contribution < -0.4 is 5.32 Å². The minimum atomic E-state index is 0.0938. The molecule has 0 bridgehead atoms. The predicted molar refractivity (Wildman–Crippen MR) is 71.1 cm³/mol. The molecule has 0 amide bonds. The fraction of sp³-hybridized carbons (Fsp3) is 0. The van der Waals surface area contributed by atoms with Gasteiger partial charge in [0.05, 0.1) is 0 Å². The molecule has 0 aliphatic rings. The van der Waals surface area contributed by atoms with Crippen molar-refractivity contribution < 1.29 is 4.79 Å². The highest BCUT2D eigenvalue weighted by atomic mass is 35.5. The number of rotatable bonds is 3. The van der Waals surface area contributed by atoms with Crippen molar-refractivity contribution in [2.75, 3.05) is 5.32 Å². The smallest absolute Gasteiger partial charge is 0.145 e. The van der Waals surface area contributed by atoms with Crippen molar-refractivity contribution in [2.45, 2.75) is 0 Å². The van der Waals surface area contributed by atoms with E-state index < -0.39 is 0 Å². The van der Waals surface area contributed by atoms with Gasteiger partial charge in [-0.1, -0.05) is 41.9 Å². The molecule has 3 heteroatoms. The van der Waals surface area contributed by atoms with Crippen molar-refractivity contribution in [2.24, 2.45) is 0 Å². The van der Waals surface area contributed by atoms with Crippen LogP contribution in [0.1, 0.15) is 5.56 Å². The molecule has 84 valence electrons. The molecule has 0 atom stereocenters. The largest absolute Gasteiger partial charge is 0.356 e. The van der Waals surface area contributed by atoms with Crippen LogP contribution in [-0.2, 0) is 4.79 Å². The first-order valence-corrected chi connectivity index (χ1v) is 5.50. The molecule has 1 N–H and O–H groups in total. The maximum Gasteiger partial charge on any atom is 0.145 e. The monoisotopic (exact) mass is 243 g/mol. The Morgan fingerprint density at radius 1 is 0.941 bits per heavy atom. The Balaban J connectivity index is 2.17. The highest BCUT2D eigenvalue weighted by molar-refractivity contribution is 6.53. The van der Waals surface area contributed by atoms with Crippen LogP contribution in [0.4, 0.5) is 11.4 Å². The van der Waals surface area contributed by atoms with E-state index in [2.05, 4.69) is 5.32 Å². The lowest BCUT2D eigenvalue weighted by molar-refractivity contribution is 0.570. The van der Waals surface area contributed by atoms with Crippen LogP contribution in [0.5, 0.6) is 0 Å². The van der Waals surface area contributed by atoms with Crippen LogP contribution in [0.3, 0.4) is 0 Å². The number of anilines is 2. The second kappa shape index (κ2) is 5.35. The van der Waals surface area contributed by atoms with E-state index in [1.807, 2.05) is 42.5 Å². The number of halogens is 1. The zero-order valence-corrected chi connectivity index (χ0v) is 9.74. The van der Waals surface area contributed by atoms with Crippen LogP contribution in [0.15, 0.2) is 54.6 Å². The Labute approximate surface area is 105 Å². The predicted octanol–water partition coefficient (Wildman–Crippen LogP) is 3.84. The van der Waals surface area contributed by atoms with E-state index in [0.29, 0.717) is 5.56 Å². The van der Waals surface area contributed by atoms with Gasteiger partial charge in [0.15, 0.2) is 0 Å². The maximum absolute atomic E-state index is 10.4. The quantitative estimate of drug-likeness (QED) is 0.830. The second-order valence-electron chi connectivity index (χ2n) is 3.48. The van der Waals surface area contributed by atoms with Crippen LogP contribution in [-0.4, -0.2) is 5.94 Å². The van der Waals surface area contributed by atoms with E-state index in [1.165, 1.54) is 0 Å². The average Bonchev–Trinajstić information content (AvgIpc) is 2.40. The molecule has 2 aromatic rings. The standard InChI is InChI=1S/C14H10ClNO/c15-14(10-17)11-6-8-13(9-7-11)16-12-4-2-1-3-5-12/h1-9,16H. The van der Waals surface area contributed by atoms with Crippen molar-refractivity contribution in [3.63, 3.8) is 0 Å². The Kier molecular flexibility index (Phi) is 3.61. The Morgan fingerprint density at radius 2 is 1.53 bits per heavy atom. The summed E-state index contributed by atoms with van der Waals surface area (Å²) < 4.78 is 0. The first-order valence-electron chi connectivity index (χ1n) is 5.13. The Morgan fingerprint density at radius 3 is 2.12 bits per heavy atom. The van der Waals surface area contributed by atoms with E-state index in [-0.39, 0.29) is 5.03 Å². The van der Waals surface area contributed by atoms with Gasteiger partial charge in [-0.25, -0.2) is 4.79 Å². The van der Waals surface area contributed by atoms with Crippen molar-refractivity contribution >= 4 is 33.9 Å². The molecule has 0 heterocycles. The third kappa shape index (κ3) is 2.97. The Bertz CT molecular complexity index is 542. The summed E-state index contributed by atoms with van der Waals surface area (Å²) in [4.78, 5) is 10.4. The van der Waals surface area contributed by atoms with Crippen LogP contribution in [0, 0.1) is 0 Å². The van der Waals surface area contributed by atoms with Gasteiger partial charge in [0.1, 0.15) is 11.0 Å². The van der Waals surface area contributed by atoms with Gasteiger partial charge in [-0.05, 0) is 24.3 Å². The summed E-state index contributed by atoms with van der Waals surface area (Å²) in [5.41, 5.74) is 2.62. The third-order valence-electron chi connectivity index (χ3n) is 2.29. The number of hydrogen-bond acceptors (Lipinski definition) is 2. The molecule has 2 rings (SSSR count). The summed E-state index contributed by atoms with van der Waals surface area (Å²) in [6, 6.07) is 17.1. The van der Waals surface area contributed by atoms with E-state index in [0.717, 1.165) is 11.4 Å². The van der Waals surface area contributed by atoms with Gasteiger partial charge in [-0.3, -0.25) is 0 Å². The molecule has 17 heavy (non-hydrogen) atoms. The lowest BCUT2D eigenvalue weighted by Gasteiger charge is -2.06. The molecule has 0 unspecified atom stereocenters. The van der Waals surface area contributed by atoms with Gasteiger partial charge < -0.3 is 5.32 Å². The van der Waals surface area contributed by atoms with E-state index in [4.69, 9.17) is 11.6 Å². The minimum absolute atomic E-state index is 0.0938. The molecule has 0 radical (unpaired) electrons. The fourth-order valence-corrected chi connectivity index (χ4v) is 1.57. The average molecular weight is 244 g/mol. The number of hydrogen-bond donors (Lipinski definition) is 1. The van der Waals surface area contributed by atoms with Gasteiger partial charge in [-0.15, -0.1) is 0 Å². The highest BCUT2D eigenvalue weighted by Gasteiger charge is 1.99. The zero-order valence-electron chi connectivity index (χ0n) is 8.98.